The number of hydrogen-bond donors (Lipinski definition) is 2. The summed E-state index contributed by atoms with van der Waals surface area (Å²) in [5.74, 6) is -1.28. The predicted octanol–water partition coefficient (Wildman–Crippen LogP) is 2.77. The van der Waals surface area contributed by atoms with Crippen molar-refractivity contribution in [2.45, 2.75) is 19.4 Å². The lowest BCUT2D eigenvalue weighted by Gasteiger charge is -2.12. The number of amides is 2. The number of hydrogen-bond acceptors (Lipinski definition) is 3. The highest BCUT2D eigenvalue weighted by atomic mass is 35.5. The Labute approximate surface area is 159 Å². The van der Waals surface area contributed by atoms with Gasteiger partial charge < -0.3 is 15.5 Å². The van der Waals surface area contributed by atoms with Gasteiger partial charge in [-0.1, -0.05) is 41.9 Å². The van der Waals surface area contributed by atoms with E-state index in [0.717, 1.165) is 24.1 Å². The van der Waals surface area contributed by atoms with Crippen LogP contribution in [0.4, 0.5) is 5.69 Å². The van der Waals surface area contributed by atoms with Crippen molar-refractivity contribution < 1.29 is 9.59 Å². The highest BCUT2D eigenvalue weighted by molar-refractivity contribution is 6.35. The molecule has 2 aromatic rings. The van der Waals surface area contributed by atoms with Crippen molar-refractivity contribution in [1.29, 1.82) is 0 Å². The largest absolute Gasteiger partial charge is 0.378 e. The highest BCUT2D eigenvalue weighted by Crippen LogP contribution is 2.14. The zero-order chi connectivity index (χ0) is 18.9. The molecule has 2 N–H and O–H groups in total. The maximum atomic E-state index is 11.8. The summed E-state index contributed by atoms with van der Waals surface area (Å²) in [5.41, 5.74) is 3.13. The first-order valence-electron chi connectivity index (χ1n) is 8.53. The number of nitrogens with one attached hydrogen (secondary N) is 2. The molecule has 2 rings (SSSR count). The van der Waals surface area contributed by atoms with Gasteiger partial charge in [0.2, 0.25) is 0 Å². The average molecular weight is 374 g/mol. The molecule has 0 atom stereocenters. The second-order valence-corrected chi connectivity index (χ2v) is 6.60. The zero-order valence-corrected chi connectivity index (χ0v) is 15.8. The summed E-state index contributed by atoms with van der Waals surface area (Å²) in [6.07, 6.45) is 1.61. The monoisotopic (exact) mass is 373 g/mol. The van der Waals surface area contributed by atoms with Crippen LogP contribution in [0.5, 0.6) is 0 Å². The molecule has 0 heterocycles. The summed E-state index contributed by atoms with van der Waals surface area (Å²) in [6, 6.07) is 15.5. The minimum absolute atomic E-state index is 0.226. The Morgan fingerprint density at radius 3 is 2.27 bits per heavy atom. The van der Waals surface area contributed by atoms with E-state index in [4.69, 9.17) is 11.6 Å². The molecule has 6 heteroatoms. The number of carbonyl (C=O) groups excluding carboxylic acids is 2. The summed E-state index contributed by atoms with van der Waals surface area (Å²) in [4.78, 5) is 25.7. The lowest BCUT2D eigenvalue weighted by Crippen LogP contribution is -2.40. The minimum Gasteiger partial charge on any atom is -0.378 e. The van der Waals surface area contributed by atoms with Crippen LogP contribution in [-0.4, -0.2) is 32.5 Å². The van der Waals surface area contributed by atoms with Gasteiger partial charge in [-0.2, -0.15) is 0 Å². The number of aryl methyl sites for hydroxylation is 1. The molecule has 0 bridgehead atoms. The molecule has 0 fully saturated rings. The van der Waals surface area contributed by atoms with Gasteiger partial charge in [-0.25, -0.2) is 0 Å². The first kappa shape index (κ1) is 19.8. The maximum Gasteiger partial charge on any atom is 0.309 e. The molecular formula is C20H24ClN3O2. The summed E-state index contributed by atoms with van der Waals surface area (Å²) in [5, 5.41) is 5.78. The second kappa shape index (κ2) is 9.82. The van der Waals surface area contributed by atoms with Crippen LogP contribution in [0.25, 0.3) is 0 Å². The van der Waals surface area contributed by atoms with Gasteiger partial charge in [-0.05, 0) is 42.2 Å². The average Bonchev–Trinajstić information content (AvgIpc) is 2.64. The number of anilines is 1. The summed E-state index contributed by atoms with van der Waals surface area (Å²) < 4.78 is 0. The number of nitrogens with zero attached hydrogens (tertiary/aromatic N) is 1. The smallest absolute Gasteiger partial charge is 0.309 e. The fourth-order valence-electron chi connectivity index (χ4n) is 2.43. The SMILES string of the molecule is CN(C)c1ccc(CCCNC(=O)C(=O)NCc2ccccc2Cl)cc1. The van der Waals surface area contributed by atoms with Crippen LogP contribution >= 0.6 is 11.6 Å². The summed E-state index contributed by atoms with van der Waals surface area (Å²) in [6.45, 7) is 0.679. The molecule has 0 aliphatic carbocycles. The number of carbonyl (C=O) groups is 2. The molecule has 5 nitrogen and oxygen atoms in total. The van der Waals surface area contributed by atoms with E-state index >= 15 is 0 Å². The Balaban J connectivity index is 1.68. The number of rotatable bonds is 7. The van der Waals surface area contributed by atoms with Crippen LogP contribution in [0.2, 0.25) is 5.02 Å². The molecule has 0 saturated heterocycles. The molecular weight excluding hydrogens is 350 g/mol. The van der Waals surface area contributed by atoms with E-state index in [-0.39, 0.29) is 6.54 Å². The van der Waals surface area contributed by atoms with Crippen molar-refractivity contribution in [3.05, 3.63) is 64.7 Å². The van der Waals surface area contributed by atoms with Crippen molar-refractivity contribution in [2.75, 3.05) is 25.5 Å². The van der Waals surface area contributed by atoms with Gasteiger partial charge >= 0.3 is 11.8 Å². The lowest BCUT2D eigenvalue weighted by atomic mass is 10.1. The van der Waals surface area contributed by atoms with Crippen molar-refractivity contribution in [3.8, 4) is 0 Å². The molecule has 138 valence electrons. The van der Waals surface area contributed by atoms with Gasteiger partial charge in [0.1, 0.15) is 0 Å². The zero-order valence-electron chi connectivity index (χ0n) is 15.1. The molecule has 0 aliphatic rings. The van der Waals surface area contributed by atoms with Crippen molar-refractivity contribution in [3.63, 3.8) is 0 Å². The summed E-state index contributed by atoms with van der Waals surface area (Å²) in [7, 11) is 4.00. The van der Waals surface area contributed by atoms with Crippen LogP contribution in [0.15, 0.2) is 48.5 Å². The Morgan fingerprint density at radius 2 is 1.62 bits per heavy atom. The third-order valence-corrected chi connectivity index (χ3v) is 4.35. The van der Waals surface area contributed by atoms with Crippen LogP contribution in [0.3, 0.4) is 0 Å². The Hall–Kier alpha value is -2.53. The molecule has 0 aliphatic heterocycles. The first-order chi connectivity index (χ1) is 12.5. The van der Waals surface area contributed by atoms with Gasteiger partial charge in [-0.15, -0.1) is 0 Å². The Kier molecular flexibility index (Phi) is 7.48. The van der Waals surface area contributed by atoms with Gasteiger partial charge in [0, 0.05) is 37.9 Å². The van der Waals surface area contributed by atoms with Gasteiger partial charge in [0.15, 0.2) is 0 Å². The van der Waals surface area contributed by atoms with E-state index < -0.39 is 11.8 Å². The first-order valence-corrected chi connectivity index (χ1v) is 8.91. The van der Waals surface area contributed by atoms with Crippen molar-refractivity contribution in [1.82, 2.24) is 10.6 Å². The number of benzene rings is 2. The van der Waals surface area contributed by atoms with Crippen LogP contribution < -0.4 is 15.5 Å². The topological polar surface area (TPSA) is 61.4 Å². The highest BCUT2D eigenvalue weighted by Gasteiger charge is 2.12. The van der Waals surface area contributed by atoms with Crippen LogP contribution in [0.1, 0.15) is 17.5 Å². The van der Waals surface area contributed by atoms with E-state index in [0.29, 0.717) is 11.6 Å². The standard InChI is InChI=1S/C20H24ClN3O2/c1-24(2)17-11-9-15(10-12-17)6-5-13-22-19(25)20(26)23-14-16-7-3-4-8-18(16)21/h3-4,7-12H,5-6,13-14H2,1-2H3,(H,22,25)(H,23,26). The normalized spacial score (nSPS) is 10.3. The lowest BCUT2D eigenvalue weighted by molar-refractivity contribution is -0.139. The Morgan fingerprint density at radius 1 is 0.962 bits per heavy atom. The van der Waals surface area contributed by atoms with Gasteiger partial charge in [0.25, 0.3) is 0 Å². The minimum atomic E-state index is -0.653. The second-order valence-electron chi connectivity index (χ2n) is 6.19. The van der Waals surface area contributed by atoms with E-state index in [2.05, 4.69) is 34.9 Å². The third kappa shape index (κ3) is 6.08. The van der Waals surface area contributed by atoms with E-state index in [1.165, 1.54) is 5.56 Å². The molecule has 0 saturated carbocycles. The predicted molar refractivity (Wildman–Crippen MR) is 105 cm³/mol. The van der Waals surface area contributed by atoms with E-state index in [9.17, 15) is 9.59 Å². The van der Waals surface area contributed by atoms with E-state index in [1.54, 1.807) is 6.07 Å². The maximum absolute atomic E-state index is 11.8. The van der Waals surface area contributed by atoms with Crippen molar-refractivity contribution >= 4 is 29.1 Å². The quantitative estimate of drug-likeness (QED) is 0.579. The molecule has 2 amide bonds. The fourth-order valence-corrected chi connectivity index (χ4v) is 2.64. The summed E-state index contributed by atoms with van der Waals surface area (Å²) >= 11 is 6.02. The van der Waals surface area contributed by atoms with E-state index in [1.807, 2.05) is 37.2 Å². The number of halogens is 1. The molecule has 0 spiro atoms. The van der Waals surface area contributed by atoms with Gasteiger partial charge in [0.05, 0.1) is 0 Å². The molecule has 0 aromatic heterocycles. The Bertz CT molecular complexity index is 745. The molecule has 26 heavy (non-hydrogen) atoms. The molecule has 2 aromatic carbocycles. The van der Waals surface area contributed by atoms with Gasteiger partial charge in [-0.3, -0.25) is 9.59 Å². The fraction of sp³-hybridized carbons (Fsp3) is 0.300. The third-order valence-electron chi connectivity index (χ3n) is 3.98. The van der Waals surface area contributed by atoms with Crippen LogP contribution in [0, 0.1) is 0 Å². The van der Waals surface area contributed by atoms with Crippen LogP contribution in [-0.2, 0) is 22.6 Å². The molecule has 0 unspecified atom stereocenters. The van der Waals surface area contributed by atoms with Crippen molar-refractivity contribution in [2.24, 2.45) is 0 Å². The molecule has 0 radical (unpaired) electrons.